The summed E-state index contributed by atoms with van der Waals surface area (Å²) in [6.07, 6.45) is -0.577. The number of nitrogens with zero attached hydrogens (tertiary/aromatic N) is 3. The van der Waals surface area contributed by atoms with Crippen molar-refractivity contribution < 1.29 is 20.2 Å². The van der Waals surface area contributed by atoms with Gasteiger partial charge in [0.25, 0.3) is 0 Å². The van der Waals surface area contributed by atoms with Crippen molar-refractivity contribution in [2.24, 2.45) is 0 Å². The molecule has 0 unspecified atom stereocenters. The number of aromatic nitrogens is 3. The largest absolute Gasteiger partial charge is 0.507 e. The number of aromatic hydroxyl groups is 1. The Bertz CT molecular complexity index is 3330. The van der Waals surface area contributed by atoms with Gasteiger partial charge in [-0.2, -0.15) is 0 Å². The highest BCUT2D eigenvalue weighted by Gasteiger charge is 2.24. The average molecular weight is 771 g/mol. The van der Waals surface area contributed by atoms with E-state index < -0.39 is 71.7 Å². The van der Waals surface area contributed by atoms with Gasteiger partial charge >= 0.3 is 0 Å². The topological polar surface area (TPSA) is 50.9 Å². The molecule has 2 heterocycles. The zero-order chi connectivity index (χ0) is 50.4. The molecule has 0 saturated heterocycles. The summed E-state index contributed by atoms with van der Waals surface area (Å²) in [5.74, 6) is -0.430. The van der Waals surface area contributed by atoms with Crippen LogP contribution < -0.4 is 0 Å². The smallest absolute Gasteiger partial charge is 0.149 e. The molecule has 8 aromatic rings. The van der Waals surface area contributed by atoms with Gasteiger partial charge in [-0.3, -0.25) is 9.55 Å². The van der Waals surface area contributed by atoms with Crippen LogP contribution in [0.25, 0.3) is 72.7 Å². The summed E-state index contributed by atoms with van der Waals surface area (Å²) in [5.41, 5.74) is 6.61. The maximum atomic E-state index is 11.5. The van der Waals surface area contributed by atoms with E-state index >= 15 is 0 Å². The first-order chi connectivity index (χ1) is 32.1. The molecule has 58 heavy (non-hydrogen) atoms. The standard InChI is InChI=1S/C54H53N3O/c1-34(2)38-23-26-48(46(32-38)37-21-24-42(25-22-37)53(4,5)6)57-49-15-12-14-44(51(49)56-52(57)45-13-10-11-16-50(45)58)40-29-41(31-43(30-40)54(7,8)9)47-33-39(27-28-55-47)36-19-17-35(3)18-20-36/h10-34,58H,1-9H3/i3D3,17D,18D,19D,20D,27D,28D,33D,34D. The maximum Gasteiger partial charge on any atom is 0.149 e. The molecule has 2 aromatic heterocycles. The van der Waals surface area contributed by atoms with Gasteiger partial charge < -0.3 is 5.11 Å². The van der Waals surface area contributed by atoms with Crippen LogP contribution in [-0.2, 0) is 10.8 Å². The number of pyridine rings is 1. The van der Waals surface area contributed by atoms with Crippen molar-refractivity contribution in [2.45, 2.75) is 79.0 Å². The molecule has 0 aliphatic heterocycles. The first kappa shape index (κ1) is 27.4. The Kier molecular flexibility index (Phi) is 7.04. The van der Waals surface area contributed by atoms with E-state index in [0.29, 0.717) is 39.1 Å². The maximum absolute atomic E-state index is 11.5. The number of benzene rings is 6. The third-order valence-electron chi connectivity index (χ3n) is 10.6. The second-order valence-electron chi connectivity index (χ2n) is 17.0. The molecule has 6 aromatic carbocycles. The summed E-state index contributed by atoms with van der Waals surface area (Å²) in [7, 11) is 0. The van der Waals surface area contributed by atoms with Crippen molar-refractivity contribution in [3.05, 3.63) is 168 Å². The molecule has 4 heteroatoms. The van der Waals surface area contributed by atoms with Crippen LogP contribution in [0.1, 0.15) is 98.6 Å². The van der Waals surface area contributed by atoms with Gasteiger partial charge in [0.05, 0.1) is 37.6 Å². The fourth-order valence-electron chi connectivity index (χ4n) is 7.21. The number of hydrogen-bond donors (Lipinski definition) is 1. The molecular formula is C54H53N3O. The quantitative estimate of drug-likeness (QED) is 0.176. The fourth-order valence-corrected chi connectivity index (χ4v) is 7.21. The summed E-state index contributed by atoms with van der Waals surface area (Å²) < 4.78 is 96.7. The Hall–Kier alpha value is -6.26. The number of para-hydroxylation sites is 2. The fraction of sp³-hybridized carbons (Fsp3) is 0.222. The molecule has 0 aliphatic rings. The summed E-state index contributed by atoms with van der Waals surface area (Å²) in [5, 5.41) is 11.5. The van der Waals surface area contributed by atoms with Crippen molar-refractivity contribution in [1.29, 1.82) is 0 Å². The van der Waals surface area contributed by atoms with E-state index in [-0.39, 0.29) is 22.4 Å². The number of hydrogen-bond acceptors (Lipinski definition) is 3. The predicted octanol–water partition coefficient (Wildman–Crippen LogP) is 14.5. The van der Waals surface area contributed by atoms with Crippen molar-refractivity contribution in [1.82, 2.24) is 14.5 Å². The van der Waals surface area contributed by atoms with Crippen LogP contribution >= 0.6 is 0 Å². The van der Waals surface area contributed by atoms with Gasteiger partial charge in [0.2, 0.25) is 0 Å². The zero-order valence-corrected chi connectivity index (χ0v) is 34.1. The Morgan fingerprint density at radius 1 is 0.655 bits per heavy atom. The molecule has 8 rings (SSSR count). The van der Waals surface area contributed by atoms with Gasteiger partial charge in [0, 0.05) is 28.3 Å². The number of rotatable bonds is 7. The van der Waals surface area contributed by atoms with Gasteiger partial charge in [-0.15, -0.1) is 0 Å². The SMILES string of the molecule is [2H]c1nc(-c2cc(-c3cccc4c3nc(-c3ccccc3O)n4-c3ccc(C([2H])(C)C)cc3-c3ccc(C(C)(C)C)cc3)cc(C(C)(C)C)c2)c([2H])c(-c2c([2H])c([2H])c(C([2H])([2H])[2H])c([2H])c2[2H])c1[2H]. The molecule has 0 atom stereocenters. The molecule has 0 saturated carbocycles. The molecule has 0 amide bonds. The Morgan fingerprint density at radius 3 is 2.05 bits per heavy atom. The highest BCUT2D eigenvalue weighted by Crippen LogP contribution is 2.42. The van der Waals surface area contributed by atoms with Crippen LogP contribution in [0, 0.1) is 6.85 Å². The predicted molar refractivity (Wildman–Crippen MR) is 244 cm³/mol. The van der Waals surface area contributed by atoms with Crippen molar-refractivity contribution in [3.63, 3.8) is 0 Å². The van der Waals surface area contributed by atoms with Gasteiger partial charge in [0.1, 0.15) is 11.6 Å². The highest BCUT2D eigenvalue weighted by molar-refractivity contribution is 5.97. The lowest BCUT2D eigenvalue weighted by Gasteiger charge is -2.22. The Labute approximate surface area is 359 Å². The van der Waals surface area contributed by atoms with E-state index in [1.54, 1.807) is 18.2 Å². The van der Waals surface area contributed by atoms with Crippen molar-refractivity contribution >= 4 is 11.0 Å². The van der Waals surface area contributed by atoms with Crippen LogP contribution in [0.15, 0.2) is 146 Å². The molecule has 290 valence electrons. The molecule has 1 N–H and O–H groups in total. The highest BCUT2D eigenvalue weighted by atomic mass is 16.3. The van der Waals surface area contributed by atoms with Crippen LogP contribution in [0.4, 0.5) is 0 Å². The third kappa shape index (κ3) is 7.47. The van der Waals surface area contributed by atoms with Gasteiger partial charge in [0.15, 0.2) is 0 Å². The number of imidazole rings is 1. The Morgan fingerprint density at radius 2 is 1.36 bits per heavy atom. The molecule has 0 bridgehead atoms. The monoisotopic (exact) mass is 770 g/mol. The van der Waals surface area contributed by atoms with E-state index in [1.165, 1.54) is 5.56 Å². The minimum Gasteiger partial charge on any atom is -0.507 e. The van der Waals surface area contributed by atoms with E-state index in [1.807, 2.05) is 99.8 Å². The minimum absolute atomic E-state index is 0.0244. The number of phenolic OH excluding ortho intramolecular Hbond substituents is 1. The third-order valence-corrected chi connectivity index (χ3v) is 10.6. The lowest BCUT2D eigenvalue weighted by atomic mass is 9.83. The van der Waals surface area contributed by atoms with Crippen LogP contribution in [-0.4, -0.2) is 19.6 Å². The summed E-state index contributed by atoms with van der Waals surface area (Å²) >= 11 is 0. The van der Waals surface area contributed by atoms with E-state index in [0.717, 1.165) is 27.9 Å². The van der Waals surface area contributed by atoms with Crippen molar-refractivity contribution in [3.8, 4) is 67.5 Å². The summed E-state index contributed by atoms with van der Waals surface area (Å²) in [6.45, 7) is 13.3. The summed E-state index contributed by atoms with van der Waals surface area (Å²) in [4.78, 5) is 9.76. The number of fused-ring (bicyclic) bond motifs is 1. The van der Waals surface area contributed by atoms with Gasteiger partial charge in [-0.05, 0) is 117 Å². The molecule has 0 spiro atoms. The van der Waals surface area contributed by atoms with Gasteiger partial charge in [-0.1, -0.05) is 146 Å². The second kappa shape index (κ2) is 14.9. The lowest BCUT2D eigenvalue weighted by molar-refractivity contribution is 0.477. The first-order valence-electron chi connectivity index (χ1n) is 24.9. The molecule has 4 nitrogen and oxygen atoms in total. The van der Waals surface area contributed by atoms with E-state index in [9.17, 15) is 6.48 Å². The normalized spacial score (nSPS) is 15.2. The molecular weight excluding hydrogens is 707 g/mol. The van der Waals surface area contributed by atoms with E-state index in [2.05, 4.69) is 50.0 Å². The molecule has 0 aliphatic carbocycles. The lowest BCUT2D eigenvalue weighted by Crippen LogP contribution is -2.11. The number of phenols is 1. The Balaban J connectivity index is 1.42. The van der Waals surface area contributed by atoms with Gasteiger partial charge in [-0.25, -0.2) is 4.98 Å². The average Bonchev–Trinajstić information content (AvgIpc) is 3.66. The molecule has 0 fully saturated rings. The second-order valence-corrected chi connectivity index (χ2v) is 17.0. The summed E-state index contributed by atoms with van der Waals surface area (Å²) in [6, 6.07) is 28.8. The van der Waals surface area contributed by atoms with Crippen LogP contribution in [0.3, 0.4) is 0 Å². The van der Waals surface area contributed by atoms with Crippen LogP contribution in [0.2, 0.25) is 0 Å². The minimum atomic E-state index is -2.97. The van der Waals surface area contributed by atoms with Crippen molar-refractivity contribution in [2.75, 3.05) is 0 Å². The van der Waals surface area contributed by atoms with Crippen LogP contribution in [0.5, 0.6) is 5.75 Å². The first-order valence-corrected chi connectivity index (χ1v) is 19.4. The zero-order valence-electron chi connectivity index (χ0n) is 45.1. The van der Waals surface area contributed by atoms with E-state index in [4.69, 9.17) is 18.7 Å². The molecule has 0 radical (unpaired) electrons.